The van der Waals surface area contributed by atoms with Gasteiger partial charge in [-0.2, -0.15) is 0 Å². The molecule has 4 heteroatoms. The fourth-order valence-electron chi connectivity index (χ4n) is 2.70. The summed E-state index contributed by atoms with van der Waals surface area (Å²) < 4.78 is 13.3. The minimum Gasteiger partial charge on any atom is -0.336 e. The molecule has 0 spiro atoms. The summed E-state index contributed by atoms with van der Waals surface area (Å²) in [5.41, 5.74) is 6.70. The van der Waals surface area contributed by atoms with Crippen LogP contribution in [-0.4, -0.2) is 29.9 Å². The zero-order valence-electron chi connectivity index (χ0n) is 11.4. The number of hydrogen-bond donors (Lipinski definition) is 1. The second-order valence-corrected chi connectivity index (χ2v) is 5.19. The van der Waals surface area contributed by atoms with Crippen LogP contribution in [0.4, 0.5) is 4.39 Å². The highest BCUT2D eigenvalue weighted by atomic mass is 19.1. The van der Waals surface area contributed by atoms with Crippen molar-refractivity contribution in [1.82, 2.24) is 4.90 Å². The van der Waals surface area contributed by atoms with Crippen LogP contribution in [-0.2, 0) is 0 Å². The monoisotopic (exact) mass is 264 g/mol. The van der Waals surface area contributed by atoms with Crippen molar-refractivity contribution >= 4 is 5.91 Å². The zero-order valence-corrected chi connectivity index (χ0v) is 11.4. The molecule has 1 aliphatic rings. The van der Waals surface area contributed by atoms with Crippen molar-refractivity contribution in [3.8, 4) is 0 Å². The predicted octanol–water partition coefficient (Wildman–Crippen LogP) is 2.48. The number of nitrogens with zero attached hydrogens (tertiary/aromatic N) is 1. The Kier molecular flexibility index (Phi) is 4.53. The van der Waals surface area contributed by atoms with Crippen molar-refractivity contribution in [1.29, 1.82) is 0 Å². The molecule has 1 unspecified atom stereocenters. The van der Waals surface area contributed by atoms with Crippen LogP contribution < -0.4 is 5.73 Å². The van der Waals surface area contributed by atoms with Crippen molar-refractivity contribution in [2.24, 2.45) is 5.73 Å². The van der Waals surface area contributed by atoms with Crippen LogP contribution in [0.3, 0.4) is 0 Å². The maximum atomic E-state index is 13.3. The van der Waals surface area contributed by atoms with Gasteiger partial charge in [0.25, 0.3) is 5.91 Å². The lowest BCUT2D eigenvalue weighted by Gasteiger charge is -2.35. The summed E-state index contributed by atoms with van der Waals surface area (Å²) in [6.07, 6.45) is 4.04. The zero-order chi connectivity index (χ0) is 13.8. The molecule has 19 heavy (non-hydrogen) atoms. The SMILES string of the molecule is Cc1cc(C(=O)N2CCCCC2CCN)ccc1F. The lowest BCUT2D eigenvalue weighted by Crippen LogP contribution is -2.44. The van der Waals surface area contributed by atoms with Gasteiger partial charge in [-0.15, -0.1) is 0 Å². The van der Waals surface area contributed by atoms with Crippen LogP contribution in [0.1, 0.15) is 41.6 Å². The topological polar surface area (TPSA) is 46.3 Å². The Labute approximate surface area is 113 Å². The number of carbonyl (C=O) groups excluding carboxylic acids is 1. The summed E-state index contributed by atoms with van der Waals surface area (Å²) >= 11 is 0. The van der Waals surface area contributed by atoms with E-state index in [0.29, 0.717) is 17.7 Å². The van der Waals surface area contributed by atoms with Gasteiger partial charge in [0.05, 0.1) is 0 Å². The van der Waals surface area contributed by atoms with Gasteiger partial charge >= 0.3 is 0 Å². The predicted molar refractivity (Wildman–Crippen MR) is 73.5 cm³/mol. The number of halogens is 1. The van der Waals surface area contributed by atoms with Gasteiger partial charge in [0.2, 0.25) is 0 Å². The summed E-state index contributed by atoms with van der Waals surface area (Å²) in [5, 5.41) is 0. The average Bonchev–Trinajstić information content (AvgIpc) is 2.42. The molecule has 1 saturated heterocycles. The van der Waals surface area contributed by atoms with Crippen LogP contribution in [0.2, 0.25) is 0 Å². The van der Waals surface area contributed by atoms with E-state index in [1.54, 1.807) is 19.1 Å². The van der Waals surface area contributed by atoms with E-state index in [9.17, 15) is 9.18 Å². The molecule has 104 valence electrons. The second-order valence-electron chi connectivity index (χ2n) is 5.19. The lowest BCUT2D eigenvalue weighted by molar-refractivity contribution is 0.0605. The molecule has 1 fully saturated rings. The number of likely N-dealkylation sites (tertiary alicyclic amines) is 1. The van der Waals surface area contributed by atoms with Gasteiger partial charge in [0.1, 0.15) is 5.82 Å². The van der Waals surface area contributed by atoms with Gasteiger partial charge in [-0.25, -0.2) is 4.39 Å². The first kappa shape index (κ1) is 14.0. The first-order valence-electron chi connectivity index (χ1n) is 6.90. The van der Waals surface area contributed by atoms with Crippen LogP contribution in [0, 0.1) is 12.7 Å². The van der Waals surface area contributed by atoms with E-state index in [-0.39, 0.29) is 17.8 Å². The minimum atomic E-state index is -0.270. The van der Waals surface area contributed by atoms with Crippen LogP contribution in [0.25, 0.3) is 0 Å². The third-order valence-corrected chi connectivity index (χ3v) is 3.79. The summed E-state index contributed by atoms with van der Waals surface area (Å²) in [6, 6.07) is 4.80. The second kappa shape index (κ2) is 6.15. The number of rotatable bonds is 3. The standard InChI is InChI=1S/C15H21FN2O/c1-11-10-12(5-6-14(11)16)15(19)18-9-3-2-4-13(18)7-8-17/h5-6,10,13H,2-4,7-9,17H2,1H3. The fraction of sp³-hybridized carbons (Fsp3) is 0.533. The first-order chi connectivity index (χ1) is 9.13. The number of piperidine rings is 1. The van der Waals surface area contributed by atoms with Gasteiger partial charge in [-0.05, 0) is 62.9 Å². The number of aryl methyl sites for hydroxylation is 1. The van der Waals surface area contributed by atoms with E-state index in [1.807, 2.05) is 4.90 Å². The summed E-state index contributed by atoms with van der Waals surface area (Å²) in [7, 11) is 0. The van der Waals surface area contributed by atoms with E-state index in [0.717, 1.165) is 32.2 Å². The number of carbonyl (C=O) groups is 1. The Balaban J connectivity index is 2.18. The maximum Gasteiger partial charge on any atom is 0.254 e. The lowest BCUT2D eigenvalue weighted by atomic mass is 9.98. The van der Waals surface area contributed by atoms with Gasteiger partial charge in [-0.3, -0.25) is 4.79 Å². The number of amides is 1. The van der Waals surface area contributed by atoms with E-state index in [2.05, 4.69) is 0 Å². The van der Waals surface area contributed by atoms with E-state index < -0.39 is 0 Å². The van der Waals surface area contributed by atoms with Crippen LogP contribution in [0.15, 0.2) is 18.2 Å². The van der Waals surface area contributed by atoms with E-state index in [1.165, 1.54) is 6.07 Å². The summed E-state index contributed by atoms with van der Waals surface area (Å²) in [4.78, 5) is 14.4. The van der Waals surface area contributed by atoms with Crippen molar-refractivity contribution in [2.75, 3.05) is 13.1 Å². The first-order valence-corrected chi connectivity index (χ1v) is 6.90. The van der Waals surface area contributed by atoms with E-state index >= 15 is 0 Å². The van der Waals surface area contributed by atoms with Gasteiger partial charge < -0.3 is 10.6 Å². The van der Waals surface area contributed by atoms with Crippen LogP contribution in [0.5, 0.6) is 0 Å². The highest BCUT2D eigenvalue weighted by Gasteiger charge is 2.26. The Hall–Kier alpha value is -1.42. The molecule has 0 bridgehead atoms. The number of hydrogen-bond acceptors (Lipinski definition) is 2. The minimum absolute atomic E-state index is 0.00116. The van der Waals surface area contributed by atoms with E-state index in [4.69, 9.17) is 5.73 Å². The molecule has 1 aromatic rings. The third kappa shape index (κ3) is 3.13. The van der Waals surface area contributed by atoms with Crippen molar-refractivity contribution in [3.63, 3.8) is 0 Å². The Bertz CT molecular complexity index is 459. The largest absolute Gasteiger partial charge is 0.336 e. The maximum absolute atomic E-state index is 13.3. The van der Waals surface area contributed by atoms with Crippen molar-refractivity contribution in [2.45, 2.75) is 38.6 Å². The van der Waals surface area contributed by atoms with Gasteiger partial charge in [0.15, 0.2) is 0 Å². The quantitative estimate of drug-likeness (QED) is 0.911. The summed E-state index contributed by atoms with van der Waals surface area (Å²) in [5.74, 6) is -0.269. The van der Waals surface area contributed by atoms with Crippen molar-refractivity contribution in [3.05, 3.63) is 35.1 Å². The van der Waals surface area contributed by atoms with Gasteiger partial charge in [-0.1, -0.05) is 0 Å². The van der Waals surface area contributed by atoms with Gasteiger partial charge in [0, 0.05) is 18.2 Å². The Morgan fingerprint density at radius 2 is 2.26 bits per heavy atom. The molecule has 0 radical (unpaired) electrons. The molecule has 0 aliphatic carbocycles. The Morgan fingerprint density at radius 1 is 1.47 bits per heavy atom. The normalized spacial score (nSPS) is 19.5. The molecule has 1 aromatic carbocycles. The molecule has 1 heterocycles. The van der Waals surface area contributed by atoms with Crippen molar-refractivity contribution < 1.29 is 9.18 Å². The molecule has 0 aromatic heterocycles. The molecule has 1 atom stereocenters. The molecule has 2 rings (SSSR count). The fourth-order valence-corrected chi connectivity index (χ4v) is 2.70. The highest BCUT2D eigenvalue weighted by Crippen LogP contribution is 2.22. The molecular formula is C15H21FN2O. The molecule has 1 amide bonds. The average molecular weight is 264 g/mol. The Morgan fingerprint density at radius 3 is 2.95 bits per heavy atom. The number of benzene rings is 1. The molecule has 0 saturated carbocycles. The molecular weight excluding hydrogens is 243 g/mol. The smallest absolute Gasteiger partial charge is 0.254 e. The highest BCUT2D eigenvalue weighted by molar-refractivity contribution is 5.94. The molecule has 1 aliphatic heterocycles. The number of nitrogens with two attached hydrogens (primary N) is 1. The third-order valence-electron chi connectivity index (χ3n) is 3.79. The van der Waals surface area contributed by atoms with Crippen LogP contribution >= 0.6 is 0 Å². The summed E-state index contributed by atoms with van der Waals surface area (Å²) in [6.45, 7) is 3.05. The molecule has 3 nitrogen and oxygen atoms in total. The molecule has 2 N–H and O–H groups in total.